The number of furan rings is 1. The van der Waals surface area contributed by atoms with Gasteiger partial charge in [-0.15, -0.1) is 6.58 Å². The third-order valence-electron chi connectivity index (χ3n) is 3.90. The summed E-state index contributed by atoms with van der Waals surface area (Å²) in [6, 6.07) is 24.4. The highest BCUT2D eigenvalue weighted by molar-refractivity contribution is 5.76. The number of benzene rings is 2. The molecule has 1 heterocycles. The van der Waals surface area contributed by atoms with Crippen LogP contribution in [-0.4, -0.2) is 6.21 Å². The molecule has 2 heteroatoms. The molecule has 0 bridgehead atoms. The summed E-state index contributed by atoms with van der Waals surface area (Å²) in [5.74, 6) is 0.741. The van der Waals surface area contributed by atoms with Crippen molar-refractivity contribution in [3.8, 4) is 0 Å². The van der Waals surface area contributed by atoms with Gasteiger partial charge in [0.15, 0.2) is 0 Å². The van der Waals surface area contributed by atoms with E-state index in [0.717, 1.165) is 16.9 Å². The lowest BCUT2D eigenvalue weighted by molar-refractivity contribution is 0.539. The van der Waals surface area contributed by atoms with Crippen LogP contribution in [0.25, 0.3) is 0 Å². The van der Waals surface area contributed by atoms with E-state index in [0.29, 0.717) is 6.42 Å². The molecule has 0 unspecified atom stereocenters. The third-order valence-corrected chi connectivity index (χ3v) is 3.90. The monoisotopic (exact) mass is 301 g/mol. The molecule has 0 aliphatic heterocycles. The van der Waals surface area contributed by atoms with Gasteiger partial charge in [-0.3, -0.25) is 4.99 Å². The Labute approximate surface area is 136 Å². The zero-order valence-corrected chi connectivity index (χ0v) is 12.9. The first-order valence-electron chi connectivity index (χ1n) is 7.66. The second-order valence-electron chi connectivity index (χ2n) is 5.36. The molecule has 0 aliphatic carbocycles. The van der Waals surface area contributed by atoms with E-state index < -0.39 is 5.54 Å². The van der Waals surface area contributed by atoms with E-state index in [1.807, 2.05) is 54.6 Å². The van der Waals surface area contributed by atoms with Crippen molar-refractivity contribution in [2.75, 3.05) is 0 Å². The maximum atomic E-state index is 5.40. The molecule has 3 aromatic rings. The van der Waals surface area contributed by atoms with Crippen LogP contribution in [0.2, 0.25) is 0 Å². The minimum absolute atomic E-state index is 0.503. The first-order chi connectivity index (χ1) is 11.3. The Morgan fingerprint density at radius 3 is 1.96 bits per heavy atom. The first kappa shape index (κ1) is 15.0. The Kier molecular flexibility index (Phi) is 4.53. The number of rotatable bonds is 6. The fourth-order valence-corrected chi connectivity index (χ4v) is 2.78. The van der Waals surface area contributed by atoms with Gasteiger partial charge >= 0.3 is 0 Å². The summed E-state index contributed by atoms with van der Waals surface area (Å²) in [6.07, 6.45) is 6.07. The summed E-state index contributed by atoms with van der Waals surface area (Å²) in [7, 11) is 0. The smallest absolute Gasteiger partial charge is 0.144 e. The Morgan fingerprint density at radius 1 is 0.870 bits per heavy atom. The SMILES string of the molecule is C=CCC(N=Cc1ccco1)(c1ccccc1)c1ccccc1. The van der Waals surface area contributed by atoms with Crippen molar-refractivity contribution in [2.45, 2.75) is 12.0 Å². The molecule has 0 spiro atoms. The predicted octanol–water partition coefficient (Wildman–Crippen LogP) is 5.22. The number of hydrogen-bond donors (Lipinski definition) is 0. The van der Waals surface area contributed by atoms with E-state index in [-0.39, 0.29) is 0 Å². The Balaban J connectivity index is 2.16. The fraction of sp³-hybridized carbons (Fsp3) is 0.0952. The molecule has 0 aliphatic rings. The molecule has 114 valence electrons. The largest absolute Gasteiger partial charge is 0.463 e. The zero-order valence-electron chi connectivity index (χ0n) is 12.9. The van der Waals surface area contributed by atoms with E-state index in [4.69, 9.17) is 9.41 Å². The Morgan fingerprint density at radius 2 is 1.48 bits per heavy atom. The van der Waals surface area contributed by atoms with Crippen molar-refractivity contribution >= 4 is 6.21 Å². The normalized spacial score (nSPS) is 11.7. The second-order valence-corrected chi connectivity index (χ2v) is 5.36. The fourth-order valence-electron chi connectivity index (χ4n) is 2.78. The second kappa shape index (κ2) is 6.93. The summed E-state index contributed by atoms with van der Waals surface area (Å²) >= 11 is 0. The molecule has 0 saturated heterocycles. The van der Waals surface area contributed by atoms with Crippen LogP contribution >= 0.6 is 0 Å². The average molecular weight is 301 g/mol. The minimum atomic E-state index is -0.503. The molecule has 0 atom stereocenters. The van der Waals surface area contributed by atoms with E-state index in [1.54, 1.807) is 12.5 Å². The van der Waals surface area contributed by atoms with Gasteiger partial charge < -0.3 is 4.42 Å². The molecule has 1 aromatic heterocycles. The standard InChI is InChI=1S/C21H19NO/c1-2-15-21(18-10-5-3-6-11-18,19-12-7-4-8-13-19)22-17-20-14-9-16-23-20/h2-14,16-17H,1,15H2. The van der Waals surface area contributed by atoms with Gasteiger partial charge in [-0.25, -0.2) is 0 Å². The van der Waals surface area contributed by atoms with Crippen LogP contribution in [0.15, 0.2) is 101 Å². The maximum absolute atomic E-state index is 5.40. The molecule has 0 amide bonds. The molecule has 2 nitrogen and oxygen atoms in total. The summed E-state index contributed by atoms with van der Waals surface area (Å²) in [5, 5.41) is 0. The van der Waals surface area contributed by atoms with E-state index in [9.17, 15) is 0 Å². The molecular weight excluding hydrogens is 282 g/mol. The lowest BCUT2D eigenvalue weighted by atomic mass is 9.80. The van der Waals surface area contributed by atoms with Gasteiger partial charge in [-0.2, -0.15) is 0 Å². The van der Waals surface area contributed by atoms with Gasteiger partial charge in [0.2, 0.25) is 0 Å². The highest BCUT2D eigenvalue weighted by Gasteiger charge is 2.31. The quantitative estimate of drug-likeness (QED) is 0.453. The molecule has 23 heavy (non-hydrogen) atoms. The van der Waals surface area contributed by atoms with Crippen LogP contribution in [0.3, 0.4) is 0 Å². The third kappa shape index (κ3) is 3.16. The van der Waals surface area contributed by atoms with Crippen molar-refractivity contribution in [3.63, 3.8) is 0 Å². The van der Waals surface area contributed by atoms with E-state index in [2.05, 4.69) is 30.8 Å². The van der Waals surface area contributed by atoms with Gasteiger partial charge in [-0.1, -0.05) is 66.7 Å². The van der Waals surface area contributed by atoms with Gasteiger partial charge in [0, 0.05) is 0 Å². The molecule has 0 fully saturated rings. The molecule has 0 N–H and O–H groups in total. The molecule has 3 rings (SSSR count). The van der Waals surface area contributed by atoms with Gasteiger partial charge in [0.1, 0.15) is 11.3 Å². The minimum Gasteiger partial charge on any atom is -0.463 e. The maximum Gasteiger partial charge on any atom is 0.144 e. The number of aliphatic imine (C=N–C) groups is 1. The lowest BCUT2D eigenvalue weighted by Crippen LogP contribution is -2.25. The van der Waals surface area contributed by atoms with Crippen LogP contribution in [0, 0.1) is 0 Å². The summed E-state index contributed by atoms with van der Waals surface area (Å²) in [5.41, 5.74) is 1.76. The van der Waals surface area contributed by atoms with Crippen molar-refractivity contribution in [2.24, 2.45) is 4.99 Å². The average Bonchev–Trinajstić information content (AvgIpc) is 3.14. The lowest BCUT2D eigenvalue weighted by Gasteiger charge is -2.30. The van der Waals surface area contributed by atoms with Crippen molar-refractivity contribution in [1.29, 1.82) is 0 Å². The van der Waals surface area contributed by atoms with Crippen LogP contribution < -0.4 is 0 Å². The van der Waals surface area contributed by atoms with E-state index >= 15 is 0 Å². The van der Waals surface area contributed by atoms with Crippen LogP contribution in [-0.2, 0) is 5.54 Å². The molecular formula is C21H19NO. The van der Waals surface area contributed by atoms with Crippen molar-refractivity contribution in [3.05, 3.63) is 109 Å². The highest BCUT2D eigenvalue weighted by Crippen LogP contribution is 2.37. The Hall–Kier alpha value is -2.87. The summed E-state index contributed by atoms with van der Waals surface area (Å²) in [6.45, 7) is 3.94. The highest BCUT2D eigenvalue weighted by atomic mass is 16.3. The van der Waals surface area contributed by atoms with Crippen LogP contribution in [0.4, 0.5) is 0 Å². The Bertz CT molecular complexity index is 719. The molecule has 0 saturated carbocycles. The van der Waals surface area contributed by atoms with Gasteiger partial charge in [0.05, 0.1) is 12.5 Å². The number of hydrogen-bond acceptors (Lipinski definition) is 2. The van der Waals surface area contributed by atoms with Gasteiger partial charge in [-0.05, 0) is 29.7 Å². The summed E-state index contributed by atoms with van der Waals surface area (Å²) < 4.78 is 5.40. The predicted molar refractivity (Wildman–Crippen MR) is 94.8 cm³/mol. The van der Waals surface area contributed by atoms with E-state index in [1.165, 1.54) is 0 Å². The van der Waals surface area contributed by atoms with Gasteiger partial charge in [0.25, 0.3) is 0 Å². The van der Waals surface area contributed by atoms with Crippen molar-refractivity contribution in [1.82, 2.24) is 0 Å². The summed E-state index contributed by atoms with van der Waals surface area (Å²) in [4.78, 5) is 4.94. The van der Waals surface area contributed by atoms with Crippen molar-refractivity contribution < 1.29 is 4.42 Å². The van der Waals surface area contributed by atoms with Crippen LogP contribution in [0.5, 0.6) is 0 Å². The molecule has 0 radical (unpaired) electrons. The molecule has 2 aromatic carbocycles. The first-order valence-corrected chi connectivity index (χ1v) is 7.66. The zero-order chi connectivity index (χ0) is 16.0. The topological polar surface area (TPSA) is 25.5 Å². The van der Waals surface area contributed by atoms with Crippen LogP contribution in [0.1, 0.15) is 23.3 Å². The number of nitrogens with zero attached hydrogens (tertiary/aromatic N) is 1.